The van der Waals surface area contributed by atoms with Crippen molar-refractivity contribution >= 4 is 27.5 Å². The molecule has 3 aromatic rings. The van der Waals surface area contributed by atoms with Gasteiger partial charge in [0, 0.05) is 6.54 Å². The monoisotopic (exact) mass is 356 g/mol. The van der Waals surface area contributed by atoms with E-state index in [0.717, 1.165) is 16.0 Å². The number of hydrogen-bond donors (Lipinski definition) is 0. The smallest absolute Gasteiger partial charge is 0.282 e. The highest BCUT2D eigenvalue weighted by atomic mass is 32.1. The van der Waals surface area contributed by atoms with Gasteiger partial charge in [-0.15, -0.1) is 6.58 Å². The summed E-state index contributed by atoms with van der Waals surface area (Å²) in [5.41, 5.74) is 0.810. The number of thiazole rings is 1. The molecule has 0 saturated heterocycles. The maximum Gasteiger partial charge on any atom is 0.282 e. The predicted molar refractivity (Wildman–Crippen MR) is 97.5 cm³/mol. The van der Waals surface area contributed by atoms with E-state index < -0.39 is 11.7 Å². The first-order valence-corrected chi connectivity index (χ1v) is 8.67. The number of carbonyl (C=O) groups is 1. The third kappa shape index (κ3) is 3.39. The minimum atomic E-state index is -0.611. The van der Waals surface area contributed by atoms with Crippen LogP contribution in [0.25, 0.3) is 10.2 Å². The number of fused-ring (bicyclic) bond motifs is 1. The van der Waals surface area contributed by atoms with Gasteiger partial charge in [-0.05, 0) is 31.2 Å². The molecule has 0 atom stereocenters. The minimum absolute atomic E-state index is 0.0462. The molecule has 4 nitrogen and oxygen atoms in total. The molecule has 2 aromatic carbocycles. The van der Waals surface area contributed by atoms with E-state index in [1.165, 1.54) is 29.5 Å². The van der Waals surface area contributed by atoms with Crippen LogP contribution in [0.3, 0.4) is 0 Å². The van der Waals surface area contributed by atoms with Crippen molar-refractivity contribution in [1.29, 1.82) is 0 Å². The molecule has 6 heteroatoms. The number of nitrogens with zero attached hydrogens (tertiary/aromatic N) is 2. The zero-order valence-corrected chi connectivity index (χ0v) is 14.6. The normalized spacial score (nSPS) is 11.7. The third-order valence-electron chi connectivity index (χ3n) is 3.58. The standard InChI is InChI=1S/C19H17FN2O2S/c1-3-12-22-17-15(24-4-2)10-7-11-16(17)25-19(22)21-18(23)13-8-5-6-9-14(13)20/h3,5-11H,1,4,12H2,2H3. The number of hydrogen-bond acceptors (Lipinski definition) is 3. The molecule has 0 unspecified atom stereocenters. The fourth-order valence-electron chi connectivity index (χ4n) is 2.54. The van der Waals surface area contributed by atoms with Crippen LogP contribution in [0.2, 0.25) is 0 Å². The van der Waals surface area contributed by atoms with Crippen molar-refractivity contribution in [3.05, 3.63) is 71.3 Å². The Balaban J connectivity index is 2.20. The molecule has 0 aliphatic carbocycles. The largest absolute Gasteiger partial charge is 0.492 e. The summed E-state index contributed by atoms with van der Waals surface area (Å²) in [4.78, 5) is 17.0. The highest BCUT2D eigenvalue weighted by Crippen LogP contribution is 2.27. The zero-order chi connectivity index (χ0) is 17.8. The van der Waals surface area contributed by atoms with Crippen molar-refractivity contribution in [2.24, 2.45) is 4.99 Å². The molecule has 1 aromatic heterocycles. The van der Waals surface area contributed by atoms with Crippen LogP contribution in [0.4, 0.5) is 4.39 Å². The first-order chi connectivity index (χ1) is 12.2. The number of carbonyl (C=O) groups excluding carboxylic acids is 1. The summed E-state index contributed by atoms with van der Waals surface area (Å²) in [6.07, 6.45) is 1.72. The van der Waals surface area contributed by atoms with Crippen LogP contribution in [0.1, 0.15) is 17.3 Å². The number of ether oxygens (including phenoxy) is 1. The molecule has 3 rings (SSSR count). The second kappa shape index (κ2) is 7.44. The van der Waals surface area contributed by atoms with Crippen molar-refractivity contribution in [3.63, 3.8) is 0 Å². The maximum atomic E-state index is 13.8. The molecule has 1 heterocycles. The summed E-state index contributed by atoms with van der Waals surface area (Å²) in [6, 6.07) is 11.5. The first kappa shape index (κ1) is 17.1. The number of para-hydroxylation sites is 1. The number of rotatable bonds is 5. The Kier molecular flexibility index (Phi) is 5.09. The Bertz CT molecular complexity index is 1000. The van der Waals surface area contributed by atoms with E-state index >= 15 is 0 Å². The molecule has 0 bridgehead atoms. The van der Waals surface area contributed by atoms with Crippen molar-refractivity contribution < 1.29 is 13.9 Å². The highest BCUT2D eigenvalue weighted by Gasteiger charge is 2.14. The van der Waals surface area contributed by atoms with Gasteiger partial charge in [0.1, 0.15) is 17.1 Å². The fourth-order valence-corrected chi connectivity index (χ4v) is 3.59. The van der Waals surface area contributed by atoms with Crippen molar-refractivity contribution in [2.75, 3.05) is 6.61 Å². The van der Waals surface area contributed by atoms with Crippen LogP contribution in [0, 0.1) is 5.82 Å². The molecular weight excluding hydrogens is 339 g/mol. The Labute approximate surface area is 148 Å². The van der Waals surface area contributed by atoms with E-state index in [2.05, 4.69) is 11.6 Å². The molecule has 128 valence electrons. The van der Waals surface area contributed by atoms with Gasteiger partial charge in [0.05, 0.1) is 16.9 Å². The second-order valence-corrected chi connectivity index (χ2v) is 6.23. The van der Waals surface area contributed by atoms with E-state index in [-0.39, 0.29) is 5.56 Å². The third-order valence-corrected chi connectivity index (χ3v) is 4.62. The van der Waals surface area contributed by atoms with Gasteiger partial charge in [-0.1, -0.05) is 35.6 Å². The minimum Gasteiger partial charge on any atom is -0.492 e. The van der Waals surface area contributed by atoms with E-state index in [0.29, 0.717) is 18.0 Å². The van der Waals surface area contributed by atoms with Crippen LogP contribution in [0.15, 0.2) is 60.1 Å². The molecule has 0 fully saturated rings. The van der Waals surface area contributed by atoms with Crippen molar-refractivity contribution in [3.8, 4) is 5.75 Å². The van der Waals surface area contributed by atoms with E-state index in [1.807, 2.05) is 29.7 Å². The lowest BCUT2D eigenvalue weighted by molar-refractivity contribution is 0.0994. The molecule has 0 aliphatic rings. The summed E-state index contributed by atoms with van der Waals surface area (Å²) in [7, 11) is 0. The topological polar surface area (TPSA) is 43.6 Å². The van der Waals surface area contributed by atoms with Gasteiger partial charge in [-0.3, -0.25) is 4.79 Å². The SMILES string of the molecule is C=CCn1c(=NC(=O)c2ccccc2F)sc2cccc(OCC)c21. The average molecular weight is 356 g/mol. The maximum absolute atomic E-state index is 13.8. The van der Waals surface area contributed by atoms with Gasteiger partial charge in [0.25, 0.3) is 5.91 Å². The van der Waals surface area contributed by atoms with E-state index in [9.17, 15) is 9.18 Å². The lowest BCUT2D eigenvalue weighted by atomic mass is 10.2. The van der Waals surface area contributed by atoms with E-state index in [4.69, 9.17) is 4.74 Å². The lowest BCUT2D eigenvalue weighted by Gasteiger charge is -2.07. The molecular formula is C19H17FN2O2S. The van der Waals surface area contributed by atoms with Crippen LogP contribution >= 0.6 is 11.3 Å². The molecule has 0 N–H and O–H groups in total. The summed E-state index contributed by atoms with van der Waals surface area (Å²) in [5, 5.41) is 0. The predicted octanol–water partition coefficient (Wildman–Crippen LogP) is 4.17. The molecule has 0 radical (unpaired) electrons. The van der Waals surface area contributed by atoms with Crippen LogP contribution in [-0.4, -0.2) is 17.1 Å². The molecule has 25 heavy (non-hydrogen) atoms. The number of amides is 1. The summed E-state index contributed by atoms with van der Waals surface area (Å²) in [6.45, 7) is 6.68. The Morgan fingerprint density at radius 1 is 1.32 bits per heavy atom. The number of halogens is 1. The highest BCUT2D eigenvalue weighted by molar-refractivity contribution is 7.16. The van der Waals surface area contributed by atoms with E-state index in [1.54, 1.807) is 12.1 Å². The Morgan fingerprint density at radius 3 is 2.84 bits per heavy atom. The zero-order valence-electron chi connectivity index (χ0n) is 13.7. The molecule has 0 spiro atoms. The summed E-state index contributed by atoms with van der Waals surface area (Å²) >= 11 is 1.36. The molecule has 0 aliphatic heterocycles. The Hall–Kier alpha value is -2.73. The van der Waals surface area contributed by atoms with Gasteiger partial charge >= 0.3 is 0 Å². The van der Waals surface area contributed by atoms with Crippen molar-refractivity contribution in [2.45, 2.75) is 13.5 Å². The molecule has 1 amide bonds. The quantitative estimate of drug-likeness (QED) is 0.644. The fraction of sp³-hybridized carbons (Fsp3) is 0.158. The van der Waals surface area contributed by atoms with Gasteiger partial charge in [0.2, 0.25) is 0 Å². The summed E-state index contributed by atoms with van der Waals surface area (Å²) in [5.74, 6) is -0.471. The van der Waals surface area contributed by atoms with Gasteiger partial charge in [0.15, 0.2) is 4.80 Å². The van der Waals surface area contributed by atoms with Gasteiger partial charge in [-0.2, -0.15) is 4.99 Å². The number of allylic oxidation sites excluding steroid dienone is 1. The second-order valence-electron chi connectivity index (χ2n) is 5.22. The van der Waals surface area contributed by atoms with Gasteiger partial charge in [-0.25, -0.2) is 4.39 Å². The Morgan fingerprint density at radius 2 is 2.12 bits per heavy atom. The van der Waals surface area contributed by atoms with Crippen LogP contribution < -0.4 is 9.54 Å². The number of benzene rings is 2. The van der Waals surface area contributed by atoms with Crippen LogP contribution in [-0.2, 0) is 6.54 Å². The van der Waals surface area contributed by atoms with Crippen molar-refractivity contribution in [1.82, 2.24) is 4.57 Å². The lowest BCUT2D eigenvalue weighted by Crippen LogP contribution is -2.17. The average Bonchev–Trinajstić information content (AvgIpc) is 2.94. The van der Waals surface area contributed by atoms with Crippen LogP contribution in [0.5, 0.6) is 5.75 Å². The summed E-state index contributed by atoms with van der Waals surface area (Å²) < 4.78 is 22.3. The molecule has 0 saturated carbocycles. The first-order valence-electron chi connectivity index (χ1n) is 7.85. The number of aromatic nitrogens is 1. The van der Waals surface area contributed by atoms with Gasteiger partial charge < -0.3 is 9.30 Å².